The minimum Gasteiger partial charge on any atom is -0.507 e. The van der Waals surface area contributed by atoms with E-state index < -0.39 is 148 Å². The number of esters is 4. The molecule has 0 radical (unpaired) electrons. The SMILES string of the molecule is CO[C@H]1/C=C/O[C@@]2(C)Oc3c(C)c(O)c4c(c3C2=O)C(=O)C(SCCNC(=S)NC2OC[C@@H](OC(C)=O)[C@@H](OC(C)=O)[C@@H]2OC(C)=O)=C(NC(=O)/C(C)=C\C=C\[C@@H](C)[C@H](O)[C@@H](C)[C@H](O)[C@@H](C)[C@H](OC(C)=O)[C@H]1C)C4=O. The summed E-state index contributed by atoms with van der Waals surface area (Å²) < 4.78 is 45.4. The van der Waals surface area contributed by atoms with Crippen LogP contribution in [-0.4, -0.2) is 148 Å². The molecule has 0 saturated carbocycles. The van der Waals surface area contributed by atoms with Crippen molar-refractivity contribution in [3.63, 3.8) is 0 Å². The second-order valence-electron chi connectivity index (χ2n) is 18.8. The highest BCUT2D eigenvalue weighted by molar-refractivity contribution is 8.04. The first-order valence-electron chi connectivity index (χ1n) is 24.0. The second-order valence-corrected chi connectivity index (χ2v) is 20.3. The highest BCUT2D eigenvalue weighted by Gasteiger charge is 2.53. The minimum atomic E-state index is -2.19. The van der Waals surface area contributed by atoms with Crippen molar-refractivity contribution >= 4 is 76.2 Å². The zero-order valence-corrected chi connectivity index (χ0v) is 45.3. The molecule has 1 aliphatic carbocycles. The summed E-state index contributed by atoms with van der Waals surface area (Å²) in [5.41, 5.74) is -1.99. The fraction of sp³-hybridized carbons (Fsp3) is 0.549. The molecule has 75 heavy (non-hydrogen) atoms. The fourth-order valence-electron chi connectivity index (χ4n) is 9.16. The van der Waals surface area contributed by atoms with Gasteiger partial charge in [0.1, 0.15) is 23.3 Å². The smallest absolute Gasteiger partial charge is 0.312 e. The van der Waals surface area contributed by atoms with Crippen LogP contribution in [0.4, 0.5) is 0 Å². The van der Waals surface area contributed by atoms with E-state index in [4.69, 9.17) is 50.1 Å². The molecule has 1 amide bonds. The fourth-order valence-corrected chi connectivity index (χ4v) is 10.3. The van der Waals surface area contributed by atoms with Gasteiger partial charge < -0.3 is 69.2 Å². The summed E-state index contributed by atoms with van der Waals surface area (Å²) in [6.07, 6.45) is -2.11. The molecule has 1 unspecified atom stereocenters. The van der Waals surface area contributed by atoms with Crippen LogP contribution in [0, 0.1) is 30.6 Å². The molecule has 410 valence electrons. The summed E-state index contributed by atoms with van der Waals surface area (Å²) in [6.45, 7) is 15.1. The van der Waals surface area contributed by atoms with Crippen molar-refractivity contribution in [3.05, 3.63) is 69.0 Å². The lowest BCUT2D eigenvalue weighted by Crippen LogP contribution is -2.63. The predicted octanol–water partition coefficient (Wildman–Crippen LogP) is 3.31. The van der Waals surface area contributed by atoms with E-state index in [9.17, 15) is 53.7 Å². The Kier molecular flexibility index (Phi) is 20.0. The molecule has 5 aliphatic rings. The van der Waals surface area contributed by atoms with Crippen molar-refractivity contribution in [1.29, 1.82) is 0 Å². The number of thiocarbonyl (C=S) groups is 1. The van der Waals surface area contributed by atoms with Crippen LogP contribution in [-0.2, 0) is 57.1 Å². The van der Waals surface area contributed by atoms with Gasteiger partial charge in [-0.2, -0.15) is 0 Å². The number of ether oxygens (including phenoxy) is 8. The first-order chi connectivity index (χ1) is 35.1. The largest absolute Gasteiger partial charge is 0.507 e. The Hall–Kier alpha value is -6.18. The highest BCUT2D eigenvalue weighted by atomic mass is 32.2. The quantitative estimate of drug-likeness (QED) is 0.0847. The Morgan fingerprint density at radius 2 is 1.44 bits per heavy atom. The van der Waals surface area contributed by atoms with Gasteiger partial charge in [0.05, 0.1) is 52.8 Å². The highest BCUT2D eigenvalue weighted by Crippen LogP contribution is 2.49. The van der Waals surface area contributed by atoms with Gasteiger partial charge in [0, 0.05) is 88.8 Å². The third-order valence-electron chi connectivity index (χ3n) is 13.2. The molecule has 0 aromatic heterocycles. The maximum atomic E-state index is 14.9. The summed E-state index contributed by atoms with van der Waals surface area (Å²) in [4.78, 5) is 106. The number of aliphatic hydroxyl groups is 2. The van der Waals surface area contributed by atoms with Gasteiger partial charge in [0.2, 0.25) is 11.6 Å². The van der Waals surface area contributed by atoms with Crippen molar-refractivity contribution in [2.75, 3.05) is 26.0 Å². The summed E-state index contributed by atoms with van der Waals surface area (Å²) in [6, 6.07) is 0. The molecule has 4 aliphatic heterocycles. The Morgan fingerprint density at radius 1 is 0.827 bits per heavy atom. The molecule has 0 spiro atoms. The van der Waals surface area contributed by atoms with Crippen LogP contribution in [0.2, 0.25) is 0 Å². The number of hydrogen-bond acceptors (Lipinski definition) is 21. The number of aromatic hydroxyl groups is 1. The van der Waals surface area contributed by atoms with Crippen LogP contribution in [0.15, 0.2) is 46.7 Å². The molecule has 24 heteroatoms. The van der Waals surface area contributed by atoms with Crippen molar-refractivity contribution in [2.45, 2.75) is 131 Å². The van der Waals surface area contributed by atoms with E-state index in [1.54, 1.807) is 33.8 Å². The van der Waals surface area contributed by atoms with E-state index in [1.807, 2.05) is 0 Å². The zero-order chi connectivity index (χ0) is 56.0. The molecule has 1 aromatic carbocycles. The van der Waals surface area contributed by atoms with Crippen LogP contribution < -0.4 is 20.7 Å². The normalized spacial score (nSPS) is 31.8. The number of Topliss-reactive ketones (excluding diaryl/α,β-unsaturated/α-hetero) is 3. The molecular formula is C51H65N3O19S2. The number of rotatable bonds is 10. The lowest BCUT2D eigenvalue weighted by atomic mass is 9.78. The summed E-state index contributed by atoms with van der Waals surface area (Å²) in [7, 11) is 1.39. The standard InChI is InChI=1S/C51H65N3O19S2/c1-21-14-13-15-22(2)48(65)53-36-40(62)34-33(41(63)46(36)75-19-17-52-50(74)54-49-45(72-30(10)58)44(71-29(9)57)32(20-67-49)69-27(7)55)35-43(26(6)39(34)61)73-51(11,47(35)64)68-18-16-31(66-12)23(3)42(70-28(8)56)25(5)38(60)24(4)37(21)59/h13-16,18,21,23-25,31-32,37-38,42,44-45,49,59-61H,17,19-20H2,1-12H3,(H,53,65)(H2,52,54,74)/b14-13+,18-16+,22-15-/t21-,23+,24-,25-,31+,32-,37+,38+,42-,44-,45+,49?,51+/m1/s1. The number of phenolic OH excluding ortho intramolecular Hbond substituents is 1. The Labute approximate surface area is 443 Å². The lowest BCUT2D eigenvalue weighted by Gasteiger charge is -2.40. The number of thioether (sulfide) groups is 1. The topological polar surface area (TPSA) is 307 Å². The zero-order valence-electron chi connectivity index (χ0n) is 43.6. The number of allylic oxidation sites excluding steroid dienone is 4. The number of amides is 1. The van der Waals surface area contributed by atoms with Crippen molar-refractivity contribution in [3.8, 4) is 11.5 Å². The van der Waals surface area contributed by atoms with E-state index in [1.165, 1.54) is 53.0 Å². The Balaban J connectivity index is 1.52. The van der Waals surface area contributed by atoms with Gasteiger partial charge >= 0.3 is 29.7 Å². The van der Waals surface area contributed by atoms with Gasteiger partial charge in [0.15, 0.2) is 29.7 Å². The van der Waals surface area contributed by atoms with Crippen LogP contribution >= 0.6 is 24.0 Å². The number of hydrogen-bond donors (Lipinski definition) is 6. The van der Waals surface area contributed by atoms with Crippen molar-refractivity contribution in [2.24, 2.45) is 23.7 Å². The van der Waals surface area contributed by atoms with Gasteiger partial charge in [-0.3, -0.25) is 38.4 Å². The summed E-state index contributed by atoms with van der Waals surface area (Å²) in [5.74, 6) is -12.5. The number of nitrogens with one attached hydrogen (secondary N) is 3. The Morgan fingerprint density at radius 3 is 2.05 bits per heavy atom. The van der Waals surface area contributed by atoms with E-state index in [0.29, 0.717) is 0 Å². The molecule has 1 fully saturated rings. The Bertz CT molecular complexity index is 2590. The van der Waals surface area contributed by atoms with Crippen molar-refractivity contribution in [1.82, 2.24) is 16.0 Å². The number of carbonyl (C=O) groups excluding carboxylic acids is 8. The number of aliphatic hydroxyl groups excluding tert-OH is 2. The van der Waals surface area contributed by atoms with Crippen molar-refractivity contribution < 1.29 is 91.6 Å². The lowest BCUT2D eigenvalue weighted by molar-refractivity contribution is -0.227. The maximum absolute atomic E-state index is 14.9. The van der Waals surface area contributed by atoms with Gasteiger partial charge in [-0.1, -0.05) is 45.9 Å². The first-order valence-corrected chi connectivity index (χ1v) is 25.4. The molecule has 5 bridgehead atoms. The number of ketones is 3. The predicted molar refractivity (Wildman–Crippen MR) is 271 cm³/mol. The van der Waals surface area contributed by atoms with Crippen LogP contribution in [0.1, 0.15) is 106 Å². The van der Waals surface area contributed by atoms with E-state index in [-0.39, 0.29) is 51.4 Å². The van der Waals surface area contributed by atoms with E-state index in [0.717, 1.165) is 38.8 Å². The molecule has 13 atom stereocenters. The minimum absolute atomic E-state index is 0.0435. The van der Waals surface area contributed by atoms with Gasteiger partial charge in [-0.15, -0.1) is 11.8 Å². The molecule has 1 aromatic rings. The molecule has 6 N–H and O–H groups in total. The maximum Gasteiger partial charge on any atom is 0.312 e. The average Bonchev–Trinajstić information content (AvgIpc) is 3.60. The molecular weight excluding hydrogens is 1020 g/mol. The molecule has 1 saturated heterocycles. The first kappa shape index (κ1) is 59.7. The van der Waals surface area contributed by atoms with Crippen LogP contribution in [0.3, 0.4) is 0 Å². The number of fused-ring (bicyclic) bond motifs is 14. The molecule has 4 heterocycles. The van der Waals surface area contributed by atoms with Gasteiger partial charge in [-0.05, 0) is 32.1 Å². The third kappa shape index (κ3) is 13.4. The number of methoxy groups -OCH3 is 1. The average molecular weight is 1090 g/mol. The monoisotopic (exact) mass is 1090 g/mol. The summed E-state index contributed by atoms with van der Waals surface area (Å²) >= 11 is 6.30. The summed E-state index contributed by atoms with van der Waals surface area (Å²) in [5, 5.41) is 42.9. The van der Waals surface area contributed by atoms with Gasteiger partial charge in [0.25, 0.3) is 11.7 Å². The number of benzene rings is 1. The second kappa shape index (κ2) is 25.1. The molecule has 22 nitrogen and oxygen atoms in total. The number of carbonyl (C=O) groups is 8. The van der Waals surface area contributed by atoms with Crippen LogP contribution in [0.25, 0.3) is 0 Å². The number of phenols is 1. The molecule has 6 rings (SSSR count). The van der Waals surface area contributed by atoms with Crippen LogP contribution in [0.5, 0.6) is 11.5 Å². The van der Waals surface area contributed by atoms with E-state index in [2.05, 4.69) is 16.0 Å². The van der Waals surface area contributed by atoms with E-state index >= 15 is 0 Å². The third-order valence-corrected chi connectivity index (χ3v) is 14.5. The van der Waals surface area contributed by atoms with Gasteiger partial charge in [-0.25, -0.2) is 0 Å².